The van der Waals surface area contributed by atoms with E-state index in [4.69, 9.17) is 4.74 Å². The summed E-state index contributed by atoms with van der Waals surface area (Å²) in [6, 6.07) is 4.99. The van der Waals surface area contributed by atoms with Crippen molar-refractivity contribution in [3.8, 4) is 0 Å². The van der Waals surface area contributed by atoms with Crippen LogP contribution in [0.25, 0.3) is 12.2 Å². The molecule has 8 heteroatoms. The van der Waals surface area contributed by atoms with Crippen molar-refractivity contribution in [2.75, 3.05) is 32.8 Å². The highest BCUT2D eigenvalue weighted by molar-refractivity contribution is 7.89. The summed E-state index contributed by atoms with van der Waals surface area (Å²) in [6.07, 6.45) is 8.23. The Morgan fingerprint density at radius 1 is 1.20 bits per heavy atom. The number of nitrogens with zero attached hydrogens (tertiary/aromatic N) is 3. The van der Waals surface area contributed by atoms with E-state index >= 15 is 0 Å². The number of aliphatic imine (C=N–C) groups is 1. The number of hydrogen-bond donors (Lipinski definition) is 0. The zero-order chi connectivity index (χ0) is 22.1. The molecule has 1 aliphatic heterocycles. The quantitative estimate of drug-likeness (QED) is 0.343. The maximum atomic E-state index is 13.0. The van der Waals surface area contributed by atoms with E-state index in [1.807, 2.05) is 19.1 Å². The summed E-state index contributed by atoms with van der Waals surface area (Å²) in [5.41, 5.74) is 1.65. The molecule has 1 fully saturated rings. The smallest absolute Gasteiger partial charge is 0.260 e. The van der Waals surface area contributed by atoms with Gasteiger partial charge in [-0.2, -0.15) is 4.31 Å². The zero-order valence-electron chi connectivity index (χ0n) is 17.2. The fraction of sp³-hybridized carbons (Fsp3) is 0.273. The van der Waals surface area contributed by atoms with Crippen LogP contribution in [0.5, 0.6) is 0 Å². The van der Waals surface area contributed by atoms with Crippen LogP contribution in [0.4, 0.5) is 0 Å². The lowest BCUT2D eigenvalue weighted by Crippen LogP contribution is -2.51. The van der Waals surface area contributed by atoms with E-state index in [9.17, 15) is 13.2 Å². The summed E-state index contributed by atoms with van der Waals surface area (Å²) < 4.78 is 32.8. The van der Waals surface area contributed by atoms with Gasteiger partial charge in [0.1, 0.15) is 5.76 Å². The normalized spacial score (nSPS) is 15.8. The monoisotopic (exact) mass is 429 g/mol. The van der Waals surface area contributed by atoms with Crippen molar-refractivity contribution >= 4 is 34.8 Å². The van der Waals surface area contributed by atoms with Crippen molar-refractivity contribution in [2.24, 2.45) is 4.99 Å². The predicted octanol–water partition coefficient (Wildman–Crippen LogP) is 2.94. The predicted molar refractivity (Wildman–Crippen MR) is 120 cm³/mol. The molecule has 1 aliphatic rings. The van der Waals surface area contributed by atoms with Gasteiger partial charge in [0.05, 0.1) is 11.1 Å². The Kier molecular flexibility index (Phi) is 8.32. The van der Waals surface area contributed by atoms with E-state index in [1.165, 1.54) is 16.6 Å². The summed E-state index contributed by atoms with van der Waals surface area (Å²) in [4.78, 5) is 17.7. The van der Waals surface area contributed by atoms with Crippen LogP contribution in [0.3, 0.4) is 0 Å². The van der Waals surface area contributed by atoms with Crippen LogP contribution in [0.1, 0.15) is 18.1 Å². The highest BCUT2D eigenvalue weighted by Crippen LogP contribution is 2.23. The molecule has 160 valence electrons. The molecule has 1 amide bonds. The molecule has 0 saturated carbocycles. The first-order valence-electron chi connectivity index (χ1n) is 9.45. The Labute approximate surface area is 178 Å². The average Bonchev–Trinajstić information content (AvgIpc) is 2.76. The van der Waals surface area contributed by atoms with Crippen molar-refractivity contribution in [1.29, 1.82) is 0 Å². The molecule has 1 saturated heterocycles. The molecule has 30 heavy (non-hydrogen) atoms. The first-order valence-corrected chi connectivity index (χ1v) is 10.9. The average molecular weight is 430 g/mol. The molecule has 0 radical (unpaired) electrons. The van der Waals surface area contributed by atoms with Gasteiger partial charge >= 0.3 is 0 Å². The summed E-state index contributed by atoms with van der Waals surface area (Å²) in [5.74, 6) is 0.118. The molecule has 0 aromatic heterocycles. The molecule has 0 aliphatic carbocycles. The lowest BCUT2D eigenvalue weighted by atomic mass is 10.1. The number of allylic oxidation sites excluding steroid dienone is 2. The third kappa shape index (κ3) is 5.55. The lowest BCUT2D eigenvalue weighted by molar-refractivity contribution is -0.135. The molecule has 1 aromatic carbocycles. The van der Waals surface area contributed by atoms with E-state index in [-0.39, 0.29) is 30.5 Å². The number of benzene rings is 1. The van der Waals surface area contributed by atoms with E-state index in [1.54, 1.807) is 29.2 Å². The number of piperazine rings is 1. The molecule has 0 N–H and O–H groups in total. The van der Waals surface area contributed by atoms with E-state index in [0.29, 0.717) is 18.8 Å². The highest BCUT2D eigenvalue weighted by atomic mass is 32.2. The molecule has 1 heterocycles. The second kappa shape index (κ2) is 10.7. The maximum Gasteiger partial charge on any atom is 0.260 e. The first kappa shape index (κ1) is 23.3. The zero-order valence-corrected chi connectivity index (χ0v) is 18.0. The Morgan fingerprint density at radius 3 is 2.47 bits per heavy atom. The van der Waals surface area contributed by atoms with Gasteiger partial charge in [-0.15, -0.1) is 0 Å². The topological polar surface area (TPSA) is 79.3 Å². The van der Waals surface area contributed by atoms with Crippen molar-refractivity contribution in [3.05, 3.63) is 66.6 Å². The molecule has 0 bridgehead atoms. The SMILES string of the molecule is C=C/C(=C\N=C)OCC(=O)N1CCN(S(=O)(=O)c2ccc(/C=C\C)c(C=C)c2)CC1. The lowest BCUT2D eigenvalue weighted by Gasteiger charge is -2.34. The van der Waals surface area contributed by atoms with Gasteiger partial charge in [-0.3, -0.25) is 9.79 Å². The number of rotatable bonds is 9. The second-order valence-corrected chi connectivity index (χ2v) is 8.42. The Bertz CT molecular complexity index is 972. The fourth-order valence-electron chi connectivity index (χ4n) is 3.02. The van der Waals surface area contributed by atoms with Gasteiger partial charge < -0.3 is 9.64 Å². The molecule has 0 atom stereocenters. The summed E-state index contributed by atoms with van der Waals surface area (Å²) in [5, 5.41) is 0. The van der Waals surface area contributed by atoms with Crippen LogP contribution in [0, 0.1) is 0 Å². The van der Waals surface area contributed by atoms with Gasteiger partial charge in [0.25, 0.3) is 5.91 Å². The van der Waals surface area contributed by atoms with Gasteiger partial charge in [-0.05, 0) is 43.0 Å². The summed E-state index contributed by atoms with van der Waals surface area (Å²) in [7, 11) is -3.66. The summed E-state index contributed by atoms with van der Waals surface area (Å²) in [6.45, 7) is 13.4. The minimum atomic E-state index is -3.66. The number of carbonyl (C=O) groups is 1. The van der Waals surface area contributed by atoms with Crippen molar-refractivity contribution in [2.45, 2.75) is 11.8 Å². The standard InChI is InChI=1S/C22H27N3O4S/c1-5-8-19-9-10-21(15-18(19)6-2)30(27,28)25-13-11-24(12-14-25)22(26)17-29-20(7-3)16-23-4/h5-10,15-16H,2-4,11-14,17H2,1H3/b8-5-,20-16+. The van der Waals surface area contributed by atoms with E-state index < -0.39 is 10.0 Å². The number of amides is 1. The highest BCUT2D eigenvalue weighted by Gasteiger charge is 2.30. The third-order valence-corrected chi connectivity index (χ3v) is 6.53. The third-order valence-electron chi connectivity index (χ3n) is 4.64. The molecule has 0 spiro atoms. The van der Waals surface area contributed by atoms with Crippen molar-refractivity contribution in [1.82, 2.24) is 9.21 Å². The van der Waals surface area contributed by atoms with Gasteiger partial charge in [0.15, 0.2) is 6.61 Å². The van der Waals surface area contributed by atoms with Crippen LogP contribution >= 0.6 is 0 Å². The van der Waals surface area contributed by atoms with Gasteiger partial charge in [-0.25, -0.2) is 8.42 Å². The van der Waals surface area contributed by atoms with Crippen LogP contribution in [0.15, 0.2) is 65.4 Å². The molecular weight excluding hydrogens is 402 g/mol. The van der Waals surface area contributed by atoms with E-state index in [2.05, 4.69) is 24.9 Å². The molecular formula is C22H27N3O4S. The van der Waals surface area contributed by atoms with Crippen LogP contribution < -0.4 is 0 Å². The van der Waals surface area contributed by atoms with Crippen LogP contribution in [0.2, 0.25) is 0 Å². The minimum Gasteiger partial charge on any atom is -0.482 e. The van der Waals surface area contributed by atoms with E-state index in [0.717, 1.165) is 11.1 Å². The second-order valence-electron chi connectivity index (χ2n) is 6.49. The van der Waals surface area contributed by atoms with Crippen molar-refractivity contribution < 1.29 is 17.9 Å². The van der Waals surface area contributed by atoms with Crippen LogP contribution in [-0.2, 0) is 19.6 Å². The van der Waals surface area contributed by atoms with Gasteiger partial charge in [0, 0.05) is 26.2 Å². The largest absolute Gasteiger partial charge is 0.482 e. The number of carbonyl (C=O) groups excluding carboxylic acids is 1. The number of hydrogen-bond acceptors (Lipinski definition) is 5. The van der Waals surface area contributed by atoms with Crippen molar-refractivity contribution in [3.63, 3.8) is 0 Å². The minimum absolute atomic E-state index is 0.171. The molecule has 7 nitrogen and oxygen atoms in total. The Hall–Kier alpha value is -2.97. The molecule has 0 unspecified atom stereocenters. The van der Waals surface area contributed by atoms with Gasteiger partial charge in [0.2, 0.25) is 10.0 Å². The molecule has 2 rings (SSSR count). The van der Waals surface area contributed by atoms with Gasteiger partial charge in [-0.1, -0.05) is 37.5 Å². The molecule has 1 aromatic rings. The fourth-order valence-corrected chi connectivity index (χ4v) is 4.48. The summed E-state index contributed by atoms with van der Waals surface area (Å²) >= 11 is 0. The first-order chi connectivity index (χ1) is 14.4. The Balaban J connectivity index is 2.04. The number of sulfonamides is 1. The van der Waals surface area contributed by atoms with Crippen LogP contribution in [-0.4, -0.2) is 63.0 Å². The number of ether oxygens (including phenoxy) is 1. The Morgan fingerprint density at radius 2 is 1.90 bits per heavy atom. The maximum absolute atomic E-state index is 13.0.